The van der Waals surface area contributed by atoms with E-state index in [1.54, 1.807) is 0 Å². The van der Waals surface area contributed by atoms with Crippen LogP contribution in [0.25, 0.3) is 93.6 Å². The number of benzene rings is 12. The number of fused-ring (bicyclic) bond motifs is 10. The predicted molar refractivity (Wildman–Crippen MR) is 308 cm³/mol. The van der Waals surface area contributed by atoms with Crippen LogP contribution in [0.5, 0.6) is 0 Å². The van der Waals surface area contributed by atoms with Gasteiger partial charge in [0.2, 0.25) is 0 Å². The van der Waals surface area contributed by atoms with Crippen LogP contribution in [0.15, 0.2) is 283 Å². The van der Waals surface area contributed by atoms with Crippen molar-refractivity contribution in [3.05, 3.63) is 301 Å². The highest BCUT2D eigenvalue weighted by Gasteiger charge is 2.46. The molecule has 1 aliphatic carbocycles. The maximum atomic E-state index is 6.95. The van der Waals surface area contributed by atoms with Crippen molar-refractivity contribution in [3.63, 3.8) is 0 Å². The molecule has 0 saturated carbocycles. The Balaban J connectivity index is 0.957. The summed E-state index contributed by atoms with van der Waals surface area (Å²) in [7, 11) is 0. The van der Waals surface area contributed by atoms with Gasteiger partial charge >= 0.3 is 0 Å². The molecule has 0 atom stereocenters. The molecule has 0 N–H and O–H groups in total. The van der Waals surface area contributed by atoms with Crippen LogP contribution >= 0.6 is 0 Å². The van der Waals surface area contributed by atoms with Gasteiger partial charge in [-0.15, -0.1) is 0 Å². The van der Waals surface area contributed by atoms with Crippen LogP contribution in [-0.2, 0) is 5.41 Å². The number of hydrogen-bond acceptors (Lipinski definition) is 2. The normalized spacial score (nSPS) is 12.7. The van der Waals surface area contributed by atoms with E-state index in [4.69, 9.17) is 4.42 Å². The molecule has 0 radical (unpaired) electrons. The van der Waals surface area contributed by atoms with Crippen molar-refractivity contribution < 1.29 is 4.42 Å². The van der Waals surface area contributed by atoms with Gasteiger partial charge in [0.25, 0.3) is 0 Å². The van der Waals surface area contributed by atoms with E-state index >= 15 is 0 Å². The molecule has 1 aliphatic rings. The lowest BCUT2D eigenvalue weighted by molar-refractivity contribution is 0.670. The smallest absolute Gasteiger partial charge is 0.143 e. The lowest BCUT2D eigenvalue weighted by Gasteiger charge is -2.35. The third-order valence-electron chi connectivity index (χ3n) is 15.7. The Morgan fingerprint density at radius 3 is 1.61 bits per heavy atom. The molecule has 15 rings (SSSR count). The monoisotopic (exact) mass is 942 g/mol. The van der Waals surface area contributed by atoms with Gasteiger partial charge in [-0.1, -0.05) is 218 Å². The van der Waals surface area contributed by atoms with Crippen molar-refractivity contribution in [2.45, 2.75) is 5.41 Å². The first-order chi connectivity index (χ1) is 36.7. The van der Waals surface area contributed by atoms with E-state index in [2.05, 4.69) is 289 Å². The Morgan fingerprint density at radius 2 is 0.878 bits per heavy atom. The summed E-state index contributed by atoms with van der Waals surface area (Å²) >= 11 is 0. The first-order valence-corrected chi connectivity index (χ1v) is 25.5. The van der Waals surface area contributed by atoms with E-state index < -0.39 is 5.41 Å². The molecule has 0 aliphatic heterocycles. The lowest BCUT2D eigenvalue weighted by Crippen LogP contribution is -2.28. The second-order valence-electron chi connectivity index (χ2n) is 19.5. The first-order valence-electron chi connectivity index (χ1n) is 25.5. The number of para-hydroxylation sites is 5. The van der Waals surface area contributed by atoms with Gasteiger partial charge in [-0.05, 0) is 110 Å². The average Bonchev–Trinajstić information content (AvgIpc) is 4.14. The van der Waals surface area contributed by atoms with Gasteiger partial charge in [0.05, 0.1) is 27.8 Å². The SMILES string of the molecule is c1ccc(C2(c3ccccc3)c3ccccc3-c3ccc(N(c4ccc(-c5ccccc5-n5c6ccccc6c6ccccc65)cc4)c4ccccc4-c4cccc5c4oc4cc6ccccc6cc45)cc32)cc1. The van der Waals surface area contributed by atoms with Crippen LogP contribution in [0.2, 0.25) is 0 Å². The molecule has 0 fully saturated rings. The van der Waals surface area contributed by atoms with E-state index in [0.717, 1.165) is 72.3 Å². The standard InChI is InChI=1S/C71H46N2O/c1-3-22-50(23-4-1)71(51-24-5-2-6-25-51)63-33-14-9-27-55(63)56-43-42-53(46-64(56)71)72(66-35-16-13-30-59(66)60-31-19-32-61-62-44-48-20-7-8-21-49(48)45-69(62)74-70(60)61)52-40-38-47(39-41-52)54-26-10-15-34-65(54)73-67-36-17-11-28-57(67)58-29-12-18-37-68(58)73/h1-46H. The number of furan rings is 1. The van der Waals surface area contributed by atoms with E-state index in [9.17, 15) is 0 Å². The average molecular weight is 943 g/mol. The molecule has 0 bridgehead atoms. The topological polar surface area (TPSA) is 21.3 Å². The van der Waals surface area contributed by atoms with Crippen LogP contribution in [0.1, 0.15) is 22.3 Å². The van der Waals surface area contributed by atoms with Gasteiger partial charge in [0.1, 0.15) is 11.2 Å². The van der Waals surface area contributed by atoms with Crippen molar-refractivity contribution in [2.75, 3.05) is 4.90 Å². The first kappa shape index (κ1) is 42.0. The van der Waals surface area contributed by atoms with Crippen molar-refractivity contribution >= 4 is 71.6 Å². The van der Waals surface area contributed by atoms with E-state index in [1.807, 2.05) is 0 Å². The summed E-state index contributed by atoms with van der Waals surface area (Å²) in [6, 6.07) is 102. The van der Waals surface area contributed by atoms with Gasteiger partial charge in [-0.25, -0.2) is 0 Å². The zero-order chi connectivity index (χ0) is 48.7. The van der Waals surface area contributed by atoms with E-state index in [0.29, 0.717) is 0 Å². The number of anilines is 3. The van der Waals surface area contributed by atoms with Gasteiger partial charge in [0, 0.05) is 49.6 Å². The fourth-order valence-corrected chi connectivity index (χ4v) is 12.5. The van der Waals surface area contributed by atoms with Gasteiger partial charge in [-0.2, -0.15) is 0 Å². The molecule has 12 aromatic carbocycles. The highest BCUT2D eigenvalue weighted by atomic mass is 16.3. The van der Waals surface area contributed by atoms with Crippen LogP contribution in [0.4, 0.5) is 17.1 Å². The molecule has 0 saturated heterocycles. The van der Waals surface area contributed by atoms with E-state index in [-0.39, 0.29) is 0 Å². The molecule has 2 heterocycles. The Labute approximate surface area is 429 Å². The number of hydrogen-bond donors (Lipinski definition) is 0. The molecule has 0 spiro atoms. The van der Waals surface area contributed by atoms with Crippen LogP contribution in [0, 0.1) is 0 Å². The van der Waals surface area contributed by atoms with Gasteiger partial charge in [0.15, 0.2) is 0 Å². The molecule has 3 nitrogen and oxygen atoms in total. The number of rotatable bonds is 8. The Kier molecular flexibility index (Phi) is 9.48. The quantitative estimate of drug-likeness (QED) is 0.151. The summed E-state index contributed by atoms with van der Waals surface area (Å²) in [4.78, 5) is 2.46. The molecule has 14 aromatic rings. The second kappa shape index (κ2) is 16.7. The van der Waals surface area contributed by atoms with Gasteiger partial charge in [-0.3, -0.25) is 0 Å². The summed E-state index contributed by atoms with van der Waals surface area (Å²) in [5.41, 5.74) is 19.7. The summed E-state index contributed by atoms with van der Waals surface area (Å²) in [6.07, 6.45) is 0. The summed E-state index contributed by atoms with van der Waals surface area (Å²) in [6.45, 7) is 0. The molecule has 3 heteroatoms. The zero-order valence-corrected chi connectivity index (χ0v) is 40.4. The second-order valence-corrected chi connectivity index (χ2v) is 19.5. The highest BCUT2D eigenvalue weighted by Crippen LogP contribution is 2.58. The number of aromatic nitrogens is 1. The third kappa shape index (κ3) is 6.27. The summed E-state index contributed by atoms with van der Waals surface area (Å²) in [5, 5.41) is 7.06. The minimum Gasteiger partial charge on any atom is -0.455 e. The minimum absolute atomic E-state index is 0.570. The van der Waals surface area contributed by atoms with Crippen LogP contribution in [0.3, 0.4) is 0 Å². The zero-order valence-electron chi connectivity index (χ0n) is 40.4. The third-order valence-corrected chi connectivity index (χ3v) is 15.7. The molecular formula is C71H46N2O. The maximum absolute atomic E-state index is 6.95. The van der Waals surface area contributed by atoms with Crippen molar-refractivity contribution in [1.29, 1.82) is 0 Å². The predicted octanol–water partition coefficient (Wildman–Crippen LogP) is 19.0. The van der Waals surface area contributed by atoms with Gasteiger partial charge < -0.3 is 13.9 Å². The summed E-state index contributed by atoms with van der Waals surface area (Å²) < 4.78 is 9.38. The molecule has 0 unspecified atom stereocenters. The van der Waals surface area contributed by atoms with Crippen molar-refractivity contribution in [1.82, 2.24) is 4.57 Å². The number of nitrogens with zero attached hydrogens (tertiary/aromatic N) is 2. The van der Waals surface area contributed by atoms with Crippen molar-refractivity contribution in [3.8, 4) is 39.1 Å². The van der Waals surface area contributed by atoms with E-state index in [1.165, 1.54) is 60.6 Å². The lowest BCUT2D eigenvalue weighted by atomic mass is 9.67. The fourth-order valence-electron chi connectivity index (χ4n) is 12.5. The summed E-state index contributed by atoms with van der Waals surface area (Å²) in [5.74, 6) is 0. The molecular weight excluding hydrogens is 897 g/mol. The molecule has 2 aromatic heterocycles. The van der Waals surface area contributed by atoms with Crippen molar-refractivity contribution in [2.24, 2.45) is 0 Å². The Bertz CT molecular complexity index is 4390. The van der Waals surface area contributed by atoms with Crippen LogP contribution < -0.4 is 4.90 Å². The highest BCUT2D eigenvalue weighted by molar-refractivity contribution is 6.14. The molecule has 0 amide bonds. The fraction of sp³-hybridized carbons (Fsp3) is 0.0141. The maximum Gasteiger partial charge on any atom is 0.143 e. The molecule has 74 heavy (non-hydrogen) atoms. The minimum atomic E-state index is -0.570. The Hall–Kier alpha value is -9.70. The molecule has 346 valence electrons. The largest absolute Gasteiger partial charge is 0.455 e. The Morgan fingerprint density at radius 1 is 0.338 bits per heavy atom. The van der Waals surface area contributed by atoms with Crippen LogP contribution in [-0.4, -0.2) is 4.57 Å².